The van der Waals surface area contributed by atoms with Crippen molar-refractivity contribution in [1.29, 1.82) is 0 Å². The third-order valence-electron chi connectivity index (χ3n) is 18.4. The van der Waals surface area contributed by atoms with Gasteiger partial charge in [0.1, 0.15) is 22.7 Å². The minimum atomic E-state index is -0.0370. The van der Waals surface area contributed by atoms with Crippen LogP contribution in [0.2, 0.25) is 0 Å². The molecule has 16 rings (SSSR count). The second kappa shape index (κ2) is 20.6. The van der Waals surface area contributed by atoms with Gasteiger partial charge in [-0.05, 0) is 139 Å². The van der Waals surface area contributed by atoms with Gasteiger partial charge in [0.15, 0.2) is 0 Å². The molecule has 0 fully saturated rings. The summed E-state index contributed by atoms with van der Waals surface area (Å²) in [5.74, 6) is 1.65. The molecule has 0 aliphatic heterocycles. The molecule has 88 heavy (non-hydrogen) atoms. The van der Waals surface area contributed by atoms with Gasteiger partial charge in [0, 0.05) is 43.8 Å². The van der Waals surface area contributed by atoms with Crippen LogP contribution in [0.25, 0.3) is 165 Å². The van der Waals surface area contributed by atoms with Gasteiger partial charge in [0.2, 0.25) is 0 Å². The summed E-state index contributed by atoms with van der Waals surface area (Å²) in [5.41, 5.74) is 19.3. The Morgan fingerprint density at radius 3 is 0.989 bits per heavy atom. The standard InChI is InChI=1S/C86H64O2/c1-85(2,3)65-46-42-61(43-47-65)81-77(71-30-16-24-56-20-10-13-27-69(56)71)75-51-73(59-35-32-54(33-36-59)64-41-34-53-18-7-8-22-63(53)50-64)79-80(84(75)88-81)74(60-39-37-58(38-40-60)68-29-15-23-55-19-9-12-26-67(55)68)52-76-78(72-31-17-25-57-21-11-14-28-70(57)72)82(87-83(76)79)62-44-48-66(49-45-62)86(4,5)6/h7-52H,1-6H3. The molecule has 0 atom stereocenters. The van der Waals surface area contributed by atoms with Gasteiger partial charge >= 0.3 is 0 Å². The molecule has 0 saturated carbocycles. The third kappa shape index (κ3) is 8.93. The van der Waals surface area contributed by atoms with Crippen LogP contribution in [0.1, 0.15) is 52.7 Å². The summed E-state index contributed by atoms with van der Waals surface area (Å²) in [5, 5.41) is 13.6. The maximum absolute atomic E-state index is 7.85. The summed E-state index contributed by atoms with van der Waals surface area (Å²) in [6.45, 7) is 13.6. The summed E-state index contributed by atoms with van der Waals surface area (Å²) >= 11 is 0. The number of rotatable bonds is 8. The summed E-state index contributed by atoms with van der Waals surface area (Å²) in [6.07, 6.45) is 0. The molecule has 0 radical (unpaired) electrons. The van der Waals surface area contributed by atoms with E-state index in [1.54, 1.807) is 0 Å². The summed E-state index contributed by atoms with van der Waals surface area (Å²) in [7, 11) is 0. The van der Waals surface area contributed by atoms with Crippen molar-refractivity contribution in [2.24, 2.45) is 0 Å². The van der Waals surface area contributed by atoms with E-state index < -0.39 is 0 Å². The zero-order valence-electron chi connectivity index (χ0n) is 50.4. The Morgan fingerprint density at radius 1 is 0.227 bits per heavy atom. The van der Waals surface area contributed by atoms with Crippen molar-refractivity contribution in [1.82, 2.24) is 0 Å². The molecule has 16 aromatic rings. The quantitative estimate of drug-likeness (QED) is 0.152. The van der Waals surface area contributed by atoms with Crippen molar-refractivity contribution in [2.45, 2.75) is 52.4 Å². The van der Waals surface area contributed by atoms with E-state index in [-0.39, 0.29) is 10.8 Å². The topological polar surface area (TPSA) is 26.3 Å². The smallest absolute Gasteiger partial charge is 0.144 e. The monoisotopic (exact) mass is 1130 g/mol. The largest absolute Gasteiger partial charge is 0.455 e. The Hall–Kier alpha value is -10.5. The van der Waals surface area contributed by atoms with Crippen LogP contribution in [0.4, 0.5) is 0 Å². The molecule has 0 saturated heterocycles. The Morgan fingerprint density at radius 2 is 0.557 bits per heavy atom. The predicted molar refractivity (Wildman–Crippen MR) is 374 cm³/mol. The Kier molecular flexibility index (Phi) is 12.4. The molecule has 0 aliphatic rings. The highest BCUT2D eigenvalue weighted by atomic mass is 16.3. The first kappa shape index (κ1) is 53.0. The van der Waals surface area contributed by atoms with Gasteiger partial charge in [0.05, 0.1) is 0 Å². The van der Waals surface area contributed by atoms with Crippen LogP contribution in [0.15, 0.2) is 288 Å². The van der Waals surface area contributed by atoms with E-state index >= 15 is 0 Å². The highest BCUT2D eigenvalue weighted by Crippen LogP contribution is 2.55. The van der Waals surface area contributed by atoms with Gasteiger partial charge in [0.25, 0.3) is 0 Å². The summed E-state index contributed by atoms with van der Waals surface area (Å²) < 4.78 is 15.7. The van der Waals surface area contributed by atoms with Crippen LogP contribution >= 0.6 is 0 Å². The lowest BCUT2D eigenvalue weighted by Crippen LogP contribution is -2.10. The van der Waals surface area contributed by atoms with Gasteiger partial charge in [-0.2, -0.15) is 0 Å². The van der Waals surface area contributed by atoms with E-state index in [1.807, 2.05) is 0 Å². The van der Waals surface area contributed by atoms with Crippen molar-refractivity contribution in [3.63, 3.8) is 0 Å². The Bertz CT molecular complexity index is 5340. The maximum atomic E-state index is 7.85. The van der Waals surface area contributed by atoms with E-state index in [2.05, 4.69) is 321 Å². The van der Waals surface area contributed by atoms with E-state index in [0.29, 0.717) is 0 Å². The van der Waals surface area contributed by atoms with E-state index in [0.717, 1.165) is 122 Å². The van der Waals surface area contributed by atoms with Crippen LogP contribution in [0, 0.1) is 0 Å². The molecule has 0 unspecified atom stereocenters. The number of furan rings is 2. The average molecular weight is 1130 g/mol. The van der Waals surface area contributed by atoms with Crippen LogP contribution < -0.4 is 0 Å². The first-order valence-electron chi connectivity index (χ1n) is 30.8. The van der Waals surface area contributed by atoms with Crippen molar-refractivity contribution in [3.8, 4) is 89.4 Å². The normalized spacial score (nSPS) is 12.2. The van der Waals surface area contributed by atoms with Crippen molar-refractivity contribution in [2.75, 3.05) is 0 Å². The molecular formula is C86H64O2. The van der Waals surface area contributed by atoms with Gasteiger partial charge in [-0.1, -0.05) is 302 Å². The fourth-order valence-corrected chi connectivity index (χ4v) is 13.8. The number of hydrogen-bond acceptors (Lipinski definition) is 2. The van der Waals surface area contributed by atoms with Gasteiger partial charge in [-0.25, -0.2) is 0 Å². The van der Waals surface area contributed by atoms with Gasteiger partial charge in [-0.3, -0.25) is 0 Å². The SMILES string of the molecule is CC(C)(C)c1ccc(-c2oc3c(cc(-c4ccc(-c5cccc6ccccc56)cc4)c4c5oc(-c6ccc(C(C)(C)C)cc6)c(-c6cccc7ccccc67)c5cc(-c5ccc(-c6ccc7ccccc7c6)cc5)c34)c2-c2cccc3ccccc23)cc1. The van der Waals surface area contributed by atoms with E-state index in [4.69, 9.17) is 8.83 Å². The van der Waals surface area contributed by atoms with Crippen LogP contribution in [0.3, 0.4) is 0 Å². The van der Waals surface area contributed by atoms with Crippen molar-refractivity contribution < 1.29 is 8.83 Å². The van der Waals surface area contributed by atoms with Crippen LogP contribution in [-0.2, 0) is 10.8 Å². The molecule has 2 heterocycles. The Balaban J connectivity index is 1.07. The number of hydrogen-bond donors (Lipinski definition) is 0. The van der Waals surface area contributed by atoms with Gasteiger partial charge in [-0.15, -0.1) is 0 Å². The van der Waals surface area contributed by atoms with E-state index in [9.17, 15) is 0 Å². The molecule has 0 aliphatic carbocycles. The highest BCUT2D eigenvalue weighted by molar-refractivity contribution is 6.30. The van der Waals surface area contributed by atoms with E-state index in [1.165, 1.54) is 54.6 Å². The second-order valence-corrected chi connectivity index (χ2v) is 25.9. The molecular weight excluding hydrogens is 1060 g/mol. The maximum Gasteiger partial charge on any atom is 0.144 e. The molecule has 0 bridgehead atoms. The predicted octanol–water partition coefficient (Wildman–Crippen LogP) is 24.9. The molecule has 0 spiro atoms. The molecule has 0 N–H and O–H groups in total. The second-order valence-electron chi connectivity index (χ2n) is 25.9. The molecule has 2 heteroatoms. The molecule has 2 nitrogen and oxygen atoms in total. The lowest BCUT2D eigenvalue weighted by molar-refractivity contribution is 0.589. The zero-order chi connectivity index (χ0) is 59.4. The molecule has 0 amide bonds. The highest BCUT2D eigenvalue weighted by Gasteiger charge is 2.30. The zero-order valence-corrected chi connectivity index (χ0v) is 50.4. The van der Waals surface area contributed by atoms with Crippen molar-refractivity contribution in [3.05, 3.63) is 290 Å². The first-order chi connectivity index (χ1) is 42.9. The summed E-state index contributed by atoms with van der Waals surface area (Å²) in [6, 6.07) is 103. The Labute approximate surface area is 513 Å². The lowest BCUT2D eigenvalue weighted by Gasteiger charge is -2.19. The van der Waals surface area contributed by atoms with Gasteiger partial charge < -0.3 is 8.83 Å². The van der Waals surface area contributed by atoms with Crippen molar-refractivity contribution >= 4 is 75.8 Å². The number of benzene rings is 14. The first-order valence-corrected chi connectivity index (χ1v) is 30.8. The summed E-state index contributed by atoms with van der Waals surface area (Å²) in [4.78, 5) is 0. The third-order valence-corrected chi connectivity index (χ3v) is 18.4. The molecule has 14 aromatic carbocycles. The minimum absolute atomic E-state index is 0.0370. The fourth-order valence-electron chi connectivity index (χ4n) is 13.8. The minimum Gasteiger partial charge on any atom is -0.455 e. The molecule has 420 valence electrons. The molecule has 2 aromatic heterocycles. The number of fused-ring (bicyclic) bond motifs is 9. The van der Waals surface area contributed by atoms with Crippen LogP contribution in [0.5, 0.6) is 0 Å². The average Bonchev–Trinajstić information content (AvgIpc) is 1.50. The van der Waals surface area contributed by atoms with Crippen LogP contribution in [-0.4, -0.2) is 0 Å². The lowest BCUT2D eigenvalue weighted by atomic mass is 9.84. The fraction of sp³-hybridized carbons (Fsp3) is 0.0930.